The number of hydrogen-bond donors (Lipinski definition) is 3. The minimum atomic E-state index is -0.716. The van der Waals surface area contributed by atoms with Crippen LogP contribution in [-0.2, 0) is 20.8 Å². The second-order valence-corrected chi connectivity index (χ2v) is 9.69. The number of piperazine rings is 1. The molecular weight excluding hydrogens is 456 g/mol. The lowest BCUT2D eigenvalue weighted by atomic mass is 9.95. The first-order valence-corrected chi connectivity index (χ1v) is 12.5. The van der Waals surface area contributed by atoms with Crippen LogP contribution in [0, 0.1) is 0 Å². The quantitative estimate of drug-likeness (QED) is 0.535. The summed E-state index contributed by atoms with van der Waals surface area (Å²) in [6, 6.07) is 13.2. The Balaban J connectivity index is 1.42. The van der Waals surface area contributed by atoms with E-state index < -0.39 is 11.8 Å². The number of likely N-dealkylation sites (N-methyl/N-ethyl adjacent to an activating group) is 1. The van der Waals surface area contributed by atoms with Crippen molar-refractivity contribution < 1.29 is 14.4 Å². The maximum Gasteiger partial charge on any atom is 0.313 e. The molecule has 0 radical (unpaired) electrons. The summed E-state index contributed by atoms with van der Waals surface area (Å²) in [5, 5.41) is 8.16. The molecule has 9 heteroatoms. The van der Waals surface area contributed by atoms with Gasteiger partial charge >= 0.3 is 11.8 Å². The summed E-state index contributed by atoms with van der Waals surface area (Å²) in [5.74, 6) is -1.56. The van der Waals surface area contributed by atoms with Crippen LogP contribution in [0.25, 0.3) is 0 Å². The van der Waals surface area contributed by atoms with E-state index in [0.29, 0.717) is 17.9 Å². The molecule has 1 saturated heterocycles. The fourth-order valence-electron chi connectivity index (χ4n) is 4.90. The highest BCUT2D eigenvalue weighted by Gasteiger charge is 2.27. The van der Waals surface area contributed by atoms with Gasteiger partial charge in [0, 0.05) is 70.3 Å². The first-order valence-electron chi connectivity index (χ1n) is 12.5. The van der Waals surface area contributed by atoms with Gasteiger partial charge in [-0.15, -0.1) is 0 Å². The lowest BCUT2D eigenvalue weighted by Gasteiger charge is -2.39. The van der Waals surface area contributed by atoms with E-state index in [2.05, 4.69) is 62.9 Å². The zero-order valence-electron chi connectivity index (χ0n) is 21.3. The number of nitrogens with one attached hydrogen (secondary N) is 3. The molecule has 0 aliphatic carbocycles. The van der Waals surface area contributed by atoms with Crippen LogP contribution in [0.3, 0.4) is 0 Å². The van der Waals surface area contributed by atoms with Crippen LogP contribution < -0.4 is 20.9 Å². The lowest BCUT2D eigenvalue weighted by Crippen LogP contribution is -2.49. The largest absolute Gasteiger partial charge is 0.374 e. The summed E-state index contributed by atoms with van der Waals surface area (Å²) in [4.78, 5) is 43.4. The van der Waals surface area contributed by atoms with Crippen molar-refractivity contribution in [3.05, 3.63) is 53.6 Å². The van der Waals surface area contributed by atoms with Crippen molar-refractivity contribution in [2.24, 2.45) is 0 Å². The molecule has 0 unspecified atom stereocenters. The van der Waals surface area contributed by atoms with Crippen LogP contribution in [-0.4, -0.2) is 80.9 Å². The van der Waals surface area contributed by atoms with Crippen LogP contribution in [0.5, 0.6) is 0 Å². The zero-order chi connectivity index (χ0) is 25.7. The van der Waals surface area contributed by atoms with Crippen LogP contribution in [0.1, 0.15) is 30.5 Å². The van der Waals surface area contributed by atoms with Gasteiger partial charge in [0.2, 0.25) is 5.91 Å². The molecule has 0 bridgehead atoms. The molecule has 1 atom stereocenters. The first-order chi connectivity index (χ1) is 17.3. The van der Waals surface area contributed by atoms with Gasteiger partial charge in [0.25, 0.3) is 0 Å². The average molecular weight is 493 g/mol. The summed E-state index contributed by atoms with van der Waals surface area (Å²) in [6.07, 6.45) is 2.19. The number of rotatable bonds is 6. The molecule has 9 nitrogen and oxygen atoms in total. The third-order valence-corrected chi connectivity index (χ3v) is 6.94. The number of nitrogens with zero attached hydrogens (tertiary/aromatic N) is 3. The molecule has 2 aliphatic heterocycles. The second-order valence-electron chi connectivity index (χ2n) is 9.69. The summed E-state index contributed by atoms with van der Waals surface area (Å²) in [7, 11) is 4.25. The third kappa shape index (κ3) is 6.41. The number of fused-ring (bicyclic) bond motifs is 1. The molecule has 192 valence electrons. The van der Waals surface area contributed by atoms with Crippen LogP contribution in [0.15, 0.2) is 42.5 Å². The maximum atomic E-state index is 12.7. The Bertz CT molecular complexity index is 1100. The van der Waals surface area contributed by atoms with Gasteiger partial charge < -0.3 is 25.8 Å². The van der Waals surface area contributed by atoms with Crippen molar-refractivity contribution in [1.29, 1.82) is 0 Å². The molecule has 3 amide bonds. The smallest absolute Gasteiger partial charge is 0.313 e. The minimum Gasteiger partial charge on any atom is -0.374 e. The number of benzene rings is 2. The number of hydrogen-bond acceptors (Lipinski definition) is 6. The molecule has 2 aromatic carbocycles. The number of anilines is 3. The fraction of sp³-hybridized carbons (Fsp3) is 0.444. The highest BCUT2D eigenvalue weighted by Crippen LogP contribution is 2.31. The summed E-state index contributed by atoms with van der Waals surface area (Å²) >= 11 is 0. The first kappa shape index (κ1) is 25.7. The Morgan fingerprint density at radius 2 is 1.53 bits per heavy atom. The molecule has 36 heavy (non-hydrogen) atoms. The molecule has 2 heterocycles. The SMILES string of the molecule is CC(=O)Nc1ccc(NC(=O)C(=O)NC[C@@H](c2ccc3c(c2)CCCN3C)N2CCN(C)CC2)cc1. The van der Waals surface area contributed by atoms with E-state index in [1.54, 1.807) is 24.3 Å². The number of amides is 3. The normalized spacial score (nSPS) is 17.1. The van der Waals surface area contributed by atoms with Crippen LogP contribution in [0.4, 0.5) is 17.1 Å². The highest BCUT2D eigenvalue weighted by atomic mass is 16.2. The van der Waals surface area contributed by atoms with E-state index in [-0.39, 0.29) is 11.9 Å². The van der Waals surface area contributed by atoms with Crippen molar-refractivity contribution in [3.8, 4) is 0 Å². The van der Waals surface area contributed by atoms with Gasteiger partial charge in [-0.1, -0.05) is 12.1 Å². The Kier molecular flexibility index (Phi) is 8.22. The second kappa shape index (κ2) is 11.5. The van der Waals surface area contributed by atoms with Crippen molar-refractivity contribution in [3.63, 3.8) is 0 Å². The highest BCUT2D eigenvalue weighted by molar-refractivity contribution is 6.39. The maximum absolute atomic E-state index is 12.7. The molecule has 0 aromatic heterocycles. The molecular formula is C27H36N6O3. The van der Waals surface area contributed by atoms with Gasteiger partial charge in [0.1, 0.15) is 0 Å². The van der Waals surface area contributed by atoms with E-state index in [4.69, 9.17) is 0 Å². The molecule has 0 saturated carbocycles. The molecule has 2 aliphatic rings. The van der Waals surface area contributed by atoms with E-state index in [1.807, 2.05) is 0 Å². The third-order valence-electron chi connectivity index (χ3n) is 6.94. The molecule has 3 N–H and O–H groups in total. The minimum absolute atomic E-state index is 0.00933. The van der Waals surface area contributed by atoms with Gasteiger partial charge in [0.05, 0.1) is 6.04 Å². The monoisotopic (exact) mass is 492 g/mol. The van der Waals surface area contributed by atoms with Gasteiger partial charge in [-0.05, 0) is 61.3 Å². The van der Waals surface area contributed by atoms with E-state index in [0.717, 1.165) is 45.6 Å². The van der Waals surface area contributed by atoms with Gasteiger partial charge in [-0.25, -0.2) is 0 Å². The zero-order valence-corrected chi connectivity index (χ0v) is 21.3. The van der Waals surface area contributed by atoms with Crippen molar-refractivity contribution in [2.45, 2.75) is 25.8 Å². The molecule has 0 spiro atoms. The molecule has 4 rings (SSSR count). The van der Waals surface area contributed by atoms with E-state index in [1.165, 1.54) is 23.7 Å². The van der Waals surface area contributed by atoms with E-state index in [9.17, 15) is 14.4 Å². The molecule has 1 fully saturated rings. The Morgan fingerprint density at radius 3 is 2.19 bits per heavy atom. The van der Waals surface area contributed by atoms with Gasteiger partial charge in [0.15, 0.2) is 0 Å². The van der Waals surface area contributed by atoms with Gasteiger partial charge in [-0.2, -0.15) is 0 Å². The van der Waals surface area contributed by atoms with E-state index >= 15 is 0 Å². The van der Waals surface area contributed by atoms with Gasteiger partial charge in [-0.3, -0.25) is 19.3 Å². The topological polar surface area (TPSA) is 97.0 Å². The number of aryl methyl sites for hydroxylation is 1. The van der Waals surface area contributed by atoms with Crippen LogP contribution >= 0.6 is 0 Å². The number of carbonyl (C=O) groups is 3. The Morgan fingerprint density at radius 1 is 0.861 bits per heavy atom. The number of carbonyl (C=O) groups excluding carboxylic acids is 3. The molecule has 2 aromatic rings. The standard InChI is InChI=1S/C27H36N6O3/c1-19(34)29-22-7-9-23(10-8-22)30-27(36)26(35)28-18-25(33-15-13-31(2)14-16-33)21-6-11-24-20(17-21)5-4-12-32(24)3/h6-11,17,25H,4-5,12-16,18H2,1-3H3,(H,28,35)(H,29,34)(H,30,36)/t25-/m0/s1. The summed E-state index contributed by atoms with van der Waals surface area (Å²) in [5.41, 5.74) is 4.89. The summed E-state index contributed by atoms with van der Waals surface area (Å²) in [6.45, 7) is 6.58. The lowest BCUT2D eigenvalue weighted by molar-refractivity contribution is -0.136. The Labute approximate surface area is 212 Å². The Hall–Kier alpha value is -3.43. The van der Waals surface area contributed by atoms with Crippen LogP contribution in [0.2, 0.25) is 0 Å². The van der Waals surface area contributed by atoms with Crippen molar-refractivity contribution >= 4 is 34.8 Å². The predicted molar refractivity (Wildman–Crippen MR) is 142 cm³/mol. The fourth-order valence-corrected chi connectivity index (χ4v) is 4.90. The van der Waals surface area contributed by atoms with Crippen molar-refractivity contribution in [1.82, 2.24) is 15.1 Å². The predicted octanol–water partition coefficient (Wildman–Crippen LogP) is 2.07. The summed E-state index contributed by atoms with van der Waals surface area (Å²) < 4.78 is 0. The van der Waals surface area contributed by atoms with Crippen molar-refractivity contribution in [2.75, 3.05) is 68.9 Å². The average Bonchev–Trinajstić information content (AvgIpc) is 2.86.